The van der Waals surface area contributed by atoms with E-state index in [0.717, 1.165) is 29.1 Å². The lowest BCUT2D eigenvalue weighted by molar-refractivity contribution is 0.687. The van der Waals surface area contributed by atoms with Crippen molar-refractivity contribution in [1.82, 2.24) is 29.5 Å². The molecule has 23 heavy (non-hydrogen) atoms. The molecule has 3 heterocycles. The first-order chi connectivity index (χ1) is 11.3. The van der Waals surface area contributed by atoms with Crippen molar-refractivity contribution in [3.8, 4) is 0 Å². The van der Waals surface area contributed by atoms with Crippen molar-refractivity contribution in [3.05, 3.63) is 60.8 Å². The van der Waals surface area contributed by atoms with Crippen molar-refractivity contribution in [2.45, 2.75) is 6.54 Å². The van der Waals surface area contributed by atoms with Crippen LogP contribution in [0.1, 0.15) is 5.56 Å². The van der Waals surface area contributed by atoms with Crippen molar-refractivity contribution in [2.24, 2.45) is 7.05 Å². The normalized spacial score (nSPS) is 11.0. The van der Waals surface area contributed by atoms with E-state index in [0.29, 0.717) is 0 Å². The number of nitrogens with one attached hydrogen (secondary N) is 1. The maximum atomic E-state index is 4.38. The summed E-state index contributed by atoms with van der Waals surface area (Å²) in [5.41, 5.74) is 2.88. The first-order valence-corrected chi connectivity index (χ1v) is 7.26. The van der Waals surface area contributed by atoms with Crippen molar-refractivity contribution >= 4 is 22.5 Å². The number of rotatable bonds is 4. The molecule has 0 amide bonds. The molecule has 0 fully saturated rings. The molecule has 0 spiro atoms. The smallest absolute Gasteiger partial charge is 0.163 e. The molecule has 0 saturated heterocycles. The van der Waals surface area contributed by atoms with E-state index in [1.54, 1.807) is 17.1 Å². The van der Waals surface area contributed by atoms with Crippen molar-refractivity contribution in [2.75, 3.05) is 5.32 Å². The van der Waals surface area contributed by atoms with Gasteiger partial charge in [-0.2, -0.15) is 10.2 Å². The molecule has 0 aliphatic rings. The van der Waals surface area contributed by atoms with Crippen LogP contribution in [0.25, 0.3) is 11.0 Å². The van der Waals surface area contributed by atoms with Gasteiger partial charge in [0.05, 0.1) is 30.0 Å². The summed E-state index contributed by atoms with van der Waals surface area (Å²) >= 11 is 0. The molecule has 7 nitrogen and oxygen atoms in total. The monoisotopic (exact) mass is 305 g/mol. The van der Waals surface area contributed by atoms with Gasteiger partial charge in [0.2, 0.25) is 0 Å². The molecule has 0 radical (unpaired) electrons. The lowest BCUT2D eigenvalue weighted by Gasteiger charge is -2.03. The zero-order valence-corrected chi connectivity index (χ0v) is 12.6. The molecule has 0 saturated carbocycles. The van der Waals surface area contributed by atoms with E-state index in [-0.39, 0.29) is 0 Å². The summed E-state index contributed by atoms with van der Waals surface area (Å²) in [6.45, 7) is 0.731. The van der Waals surface area contributed by atoms with Crippen LogP contribution >= 0.6 is 0 Å². The average Bonchev–Trinajstić information content (AvgIpc) is 3.16. The maximum Gasteiger partial charge on any atom is 0.163 e. The predicted molar refractivity (Wildman–Crippen MR) is 87.4 cm³/mol. The lowest BCUT2D eigenvalue weighted by Crippen LogP contribution is -1.99. The van der Waals surface area contributed by atoms with Gasteiger partial charge in [0.25, 0.3) is 0 Å². The minimum atomic E-state index is 0.724. The van der Waals surface area contributed by atoms with E-state index in [9.17, 15) is 0 Å². The van der Waals surface area contributed by atoms with Crippen LogP contribution in [0.4, 0.5) is 11.5 Å². The summed E-state index contributed by atoms with van der Waals surface area (Å²) in [4.78, 5) is 8.53. The molecule has 7 heteroatoms. The largest absolute Gasteiger partial charge is 0.337 e. The molecule has 1 N–H and O–H groups in total. The number of aryl methyl sites for hydroxylation is 1. The number of aromatic nitrogens is 6. The van der Waals surface area contributed by atoms with Crippen molar-refractivity contribution < 1.29 is 0 Å². The summed E-state index contributed by atoms with van der Waals surface area (Å²) in [6, 6.07) is 10.2. The fraction of sp³-hybridized carbons (Fsp3) is 0.125. The van der Waals surface area contributed by atoms with Gasteiger partial charge < -0.3 is 5.32 Å². The highest BCUT2D eigenvalue weighted by atomic mass is 15.3. The highest BCUT2D eigenvalue weighted by Crippen LogP contribution is 2.21. The van der Waals surface area contributed by atoms with Crippen LogP contribution in [-0.4, -0.2) is 29.5 Å². The zero-order chi connectivity index (χ0) is 15.6. The third-order valence-electron chi connectivity index (χ3n) is 3.61. The maximum absolute atomic E-state index is 4.38. The van der Waals surface area contributed by atoms with Gasteiger partial charge in [0.15, 0.2) is 5.65 Å². The van der Waals surface area contributed by atoms with Gasteiger partial charge >= 0.3 is 0 Å². The molecule has 1 aromatic carbocycles. The molecule has 3 aromatic heterocycles. The Bertz CT molecular complexity index is 939. The Morgan fingerprint density at radius 2 is 1.91 bits per heavy atom. The third kappa shape index (κ3) is 2.64. The van der Waals surface area contributed by atoms with E-state index >= 15 is 0 Å². The molecular formula is C16H15N7. The van der Waals surface area contributed by atoms with E-state index in [1.165, 1.54) is 11.9 Å². The SMILES string of the molecule is Cn1ncc2c(Nc3cnn(Cc4ccccc4)c3)ncnc21. The lowest BCUT2D eigenvalue weighted by atomic mass is 10.2. The van der Waals surface area contributed by atoms with E-state index in [4.69, 9.17) is 0 Å². The molecule has 0 bridgehead atoms. The first-order valence-electron chi connectivity index (χ1n) is 7.26. The zero-order valence-electron chi connectivity index (χ0n) is 12.6. The van der Waals surface area contributed by atoms with Crippen LogP contribution in [0.2, 0.25) is 0 Å². The second kappa shape index (κ2) is 5.53. The molecular weight excluding hydrogens is 290 g/mol. The quantitative estimate of drug-likeness (QED) is 0.626. The van der Waals surface area contributed by atoms with Gasteiger partial charge in [-0.3, -0.25) is 9.36 Å². The topological polar surface area (TPSA) is 73.5 Å². The number of nitrogens with zero attached hydrogens (tertiary/aromatic N) is 6. The molecule has 0 aliphatic heterocycles. The highest BCUT2D eigenvalue weighted by molar-refractivity contribution is 5.87. The standard InChI is InChI=1S/C16H15N7/c1-22-16-14(8-19-22)15(17-11-18-16)21-13-7-20-23(10-13)9-12-5-3-2-4-6-12/h2-8,10-11H,9H2,1H3,(H,17,18,21). The minimum absolute atomic E-state index is 0.724. The molecule has 4 rings (SSSR count). The van der Waals surface area contributed by atoms with Crippen LogP contribution in [-0.2, 0) is 13.6 Å². The second-order valence-electron chi connectivity index (χ2n) is 5.26. The Labute approximate surface area is 132 Å². The molecule has 0 aliphatic carbocycles. The van der Waals surface area contributed by atoms with Gasteiger partial charge in [-0.15, -0.1) is 0 Å². The predicted octanol–water partition coefficient (Wildman–Crippen LogP) is 2.35. The minimum Gasteiger partial charge on any atom is -0.337 e. The Kier molecular flexibility index (Phi) is 3.23. The van der Waals surface area contributed by atoms with Crippen LogP contribution in [0, 0.1) is 0 Å². The van der Waals surface area contributed by atoms with E-state index < -0.39 is 0 Å². The van der Waals surface area contributed by atoms with Gasteiger partial charge in [-0.1, -0.05) is 30.3 Å². The Balaban J connectivity index is 1.57. The number of hydrogen-bond donors (Lipinski definition) is 1. The average molecular weight is 305 g/mol. The Morgan fingerprint density at radius 3 is 2.78 bits per heavy atom. The Morgan fingerprint density at radius 1 is 1.04 bits per heavy atom. The Hall–Kier alpha value is -3.22. The molecule has 0 unspecified atom stereocenters. The first kappa shape index (κ1) is 13.4. The van der Waals surface area contributed by atoms with Crippen molar-refractivity contribution in [3.63, 3.8) is 0 Å². The van der Waals surface area contributed by atoms with Crippen LogP contribution in [0.3, 0.4) is 0 Å². The fourth-order valence-electron chi connectivity index (χ4n) is 2.48. The van der Waals surface area contributed by atoms with Crippen LogP contribution in [0.15, 0.2) is 55.2 Å². The van der Waals surface area contributed by atoms with Gasteiger partial charge in [-0.05, 0) is 5.56 Å². The summed E-state index contributed by atoms with van der Waals surface area (Å²) in [7, 11) is 1.86. The van der Waals surface area contributed by atoms with E-state index in [2.05, 4.69) is 37.6 Å². The van der Waals surface area contributed by atoms with Crippen LogP contribution < -0.4 is 5.32 Å². The third-order valence-corrected chi connectivity index (χ3v) is 3.61. The summed E-state index contributed by atoms with van der Waals surface area (Å²) in [5.74, 6) is 0.724. The number of hydrogen-bond acceptors (Lipinski definition) is 5. The second-order valence-corrected chi connectivity index (χ2v) is 5.26. The highest BCUT2D eigenvalue weighted by Gasteiger charge is 2.09. The molecule has 0 atom stereocenters. The number of anilines is 2. The summed E-state index contributed by atoms with van der Waals surface area (Å²) in [5, 5.41) is 12.8. The van der Waals surface area contributed by atoms with Crippen LogP contribution in [0.5, 0.6) is 0 Å². The summed E-state index contributed by atoms with van der Waals surface area (Å²) in [6.07, 6.45) is 7.03. The molecule has 4 aromatic rings. The summed E-state index contributed by atoms with van der Waals surface area (Å²) < 4.78 is 3.61. The van der Waals surface area contributed by atoms with Gasteiger partial charge in [0.1, 0.15) is 12.1 Å². The fourth-order valence-corrected chi connectivity index (χ4v) is 2.48. The van der Waals surface area contributed by atoms with Gasteiger partial charge in [-0.25, -0.2) is 9.97 Å². The number of fused-ring (bicyclic) bond motifs is 1. The number of benzene rings is 1. The van der Waals surface area contributed by atoms with Gasteiger partial charge in [0, 0.05) is 13.2 Å². The van der Waals surface area contributed by atoms with Crippen molar-refractivity contribution in [1.29, 1.82) is 0 Å². The molecule has 114 valence electrons. The van der Waals surface area contributed by atoms with E-state index in [1.807, 2.05) is 36.1 Å².